The first-order valence-electron chi connectivity index (χ1n) is 15.7. The summed E-state index contributed by atoms with van der Waals surface area (Å²) in [5.74, 6) is 0.235. The number of benzene rings is 3. The molecule has 1 amide bonds. The van der Waals surface area contributed by atoms with Gasteiger partial charge in [0, 0.05) is 28.9 Å². The van der Waals surface area contributed by atoms with Gasteiger partial charge in [0.05, 0.1) is 23.0 Å². The molecule has 3 N–H and O–H groups in total. The summed E-state index contributed by atoms with van der Waals surface area (Å²) in [6.45, 7) is 5.33. The van der Waals surface area contributed by atoms with Crippen molar-refractivity contribution in [1.82, 2.24) is 15.2 Å². The molecule has 1 aliphatic carbocycles. The molecule has 2 heterocycles. The van der Waals surface area contributed by atoms with Gasteiger partial charge in [0.2, 0.25) is 0 Å². The van der Waals surface area contributed by atoms with Crippen molar-refractivity contribution in [2.45, 2.75) is 70.9 Å². The summed E-state index contributed by atoms with van der Waals surface area (Å²) in [6.07, 6.45) is 9.57. The topological polar surface area (TPSA) is 80.7 Å². The summed E-state index contributed by atoms with van der Waals surface area (Å²) >= 11 is 0. The van der Waals surface area contributed by atoms with E-state index in [1.807, 2.05) is 55.5 Å². The standard InChI is InChI=1S/C36H42N4O2/c1-25(27-11-5-2-6-12-27)37-35(41)29-17-20-32-31(23-29)33(36(42)39-32)34(28-13-7-3-8-14-28)38-30-18-15-26(16-19-30)24-40-21-9-4-10-22-40/h2,5-6,11-12,15-20,23,25,28,39,42H,3-4,7-10,13-14,21-22,24H2,1H3,(H,37,41)/t25-/m1/s1. The number of aromatic hydroxyl groups is 1. The summed E-state index contributed by atoms with van der Waals surface area (Å²) in [5.41, 5.74) is 6.27. The lowest BCUT2D eigenvalue weighted by Crippen LogP contribution is -2.28. The number of amides is 1. The van der Waals surface area contributed by atoms with Crippen molar-refractivity contribution in [3.63, 3.8) is 0 Å². The lowest BCUT2D eigenvalue weighted by atomic mass is 9.82. The number of rotatable bonds is 8. The molecule has 218 valence electrons. The molecule has 1 aromatic heterocycles. The van der Waals surface area contributed by atoms with Crippen molar-refractivity contribution in [3.8, 4) is 5.88 Å². The summed E-state index contributed by atoms with van der Waals surface area (Å²) in [6, 6.07) is 24.0. The van der Waals surface area contributed by atoms with Gasteiger partial charge >= 0.3 is 0 Å². The van der Waals surface area contributed by atoms with Gasteiger partial charge in [-0.3, -0.25) is 14.7 Å². The van der Waals surface area contributed by atoms with Gasteiger partial charge in [-0.25, -0.2) is 0 Å². The maximum atomic E-state index is 13.3. The van der Waals surface area contributed by atoms with E-state index in [1.165, 1.54) is 44.3 Å². The van der Waals surface area contributed by atoms with E-state index in [9.17, 15) is 9.90 Å². The minimum absolute atomic E-state index is 0.117. The van der Waals surface area contributed by atoms with Crippen molar-refractivity contribution >= 4 is 28.2 Å². The molecule has 0 bridgehead atoms. The number of likely N-dealkylation sites (tertiary alicyclic amines) is 1. The van der Waals surface area contributed by atoms with Crippen molar-refractivity contribution in [3.05, 3.63) is 95.1 Å². The number of H-pyrrole nitrogens is 1. The molecule has 1 aliphatic heterocycles. The van der Waals surface area contributed by atoms with E-state index in [1.54, 1.807) is 0 Å². The number of carbonyl (C=O) groups excluding carboxylic acids is 1. The van der Waals surface area contributed by atoms with Crippen LogP contribution in [0.25, 0.3) is 10.9 Å². The lowest BCUT2D eigenvalue weighted by Gasteiger charge is -2.26. The molecule has 1 atom stereocenters. The average Bonchev–Trinajstić information content (AvgIpc) is 3.36. The van der Waals surface area contributed by atoms with Crippen LogP contribution < -0.4 is 5.32 Å². The molecule has 6 nitrogen and oxygen atoms in total. The minimum Gasteiger partial charge on any atom is -0.494 e. The summed E-state index contributed by atoms with van der Waals surface area (Å²) in [7, 11) is 0. The number of carbonyl (C=O) groups is 1. The largest absolute Gasteiger partial charge is 0.494 e. The van der Waals surface area contributed by atoms with Crippen LogP contribution in [0.1, 0.15) is 91.4 Å². The van der Waals surface area contributed by atoms with Gasteiger partial charge in [-0.1, -0.05) is 68.1 Å². The Kier molecular flexibility index (Phi) is 8.71. The molecule has 0 unspecified atom stereocenters. The molecule has 0 radical (unpaired) electrons. The highest BCUT2D eigenvalue weighted by Gasteiger charge is 2.27. The number of fused-ring (bicyclic) bond motifs is 1. The summed E-state index contributed by atoms with van der Waals surface area (Å²) in [5, 5.41) is 15.2. The molecule has 2 aliphatic rings. The first-order valence-corrected chi connectivity index (χ1v) is 15.7. The highest BCUT2D eigenvalue weighted by molar-refractivity contribution is 6.15. The zero-order chi connectivity index (χ0) is 28.9. The molecule has 1 saturated heterocycles. The summed E-state index contributed by atoms with van der Waals surface area (Å²) < 4.78 is 0. The fourth-order valence-corrected chi connectivity index (χ4v) is 6.60. The second-order valence-corrected chi connectivity index (χ2v) is 12.1. The quantitative estimate of drug-likeness (QED) is 0.190. The Bertz CT molecular complexity index is 1530. The molecule has 6 heteroatoms. The number of piperidine rings is 1. The van der Waals surface area contributed by atoms with Crippen molar-refractivity contribution in [1.29, 1.82) is 0 Å². The Morgan fingerprint density at radius 2 is 1.67 bits per heavy atom. The van der Waals surface area contributed by atoms with E-state index in [0.29, 0.717) is 5.56 Å². The van der Waals surface area contributed by atoms with Crippen molar-refractivity contribution in [2.24, 2.45) is 10.9 Å². The Balaban J connectivity index is 1.31. The van der Waals surface area contributed by atoms with Crippen LogP contribution >= 0.6 is 0 Å². The van der Waals surface area contributed by atoms with E-state index in [4.69, 9.17) is 4.99 Å². The molecule has 1 saturated carbocycles. The van der Waals surface area contributed by atoms with Crippen LogP contribution in [0.3, 0.4) is 0 Å². The molecule has 3 aromatic carbocycles. The summed E-state index contributed by atoms with van der Waals surface area (Å²) in [4.78, 5) is 24.2. The van der Waals surface area contributed by atoms with E-state index >= 15 is 0 Å². The van der Waals surface area contributed by atoms with Crippen LogP contribution in [-0.4, -0.2) is 39.7 Å². The van der Waals surface area contributed by atoms with Gasteiger partial charge in [0.1, 0.15) is 0 Å². The monoisotopic (exact) mass is 562 g/mol. The molecule has 0 spiro atoms. The van der Waals surface area contributed by atoms with Gasteiger partial charge in [-0.2, -0.15) is 0 Å². The number of aromatic amines is 1. The highest BCUT2D eigenvalue weighted by Crippen LogP contribution is 2.36. The smallest absolute Gasteiger partial charge is 0.251 e. The van der Waals surface area contributed by atoms with Crippen LogP contribution in [0, 0.1) is 5.92 Å². The molecule has 2 fully saturated rings. The third kappa shape index (κ3) is 6.44. The first-order chi connectivity index (χ1) is 20.5. The molecule has 42 heavy (non-hydrogen) atoms. The van der Waals surface area contributed by atoms with Gasteiger partial charge in [-0.15, -0.1) is 0 Å². The lowest BCUT2D eigenvalue weighted by molar-refractivity contribution is 0.0940. The van der Waals surface area contributed by atoms with Crippen LogP contribution in [0.15, 0.2) is 77.8 Å². The molecular weight excluding hydrogens is 520 g/mol. The zero-order valence-electron chi connectivity index (χ0n) is 24.6. The number of hydrogen-bond acceptors (Lipinski definition) is 4. The second kappa shape index (κ2) is 13.0. The number of hydrogen-bond donors (Lipinski definition) is 3. The fraction of sp³-hybridized carbons (Fsp3) is 0.389. The Morgan fingerprint density at radius 3 is 2.40 bits per heavy atom. The maximum Gasteiger partial charge on any atom is 0.251 e. The number of nitrogens with zero attached hydrogens (tertiary/aromatic N) is 2. The van der Waals surface area contributed by atoms with Crippen molar-refractivity contribution < 1.29 is 9.90 Å². The van der Waals surface area contributed by atoms with Gasteiger partial charge in [0.15, 0.2) is 5.88 Å². The van der Waals surface area contributed by atoms with Gasteiger partial charge in [0.25, 0.3) is 5.91 Å². The van der Waals surface area contributed by atoms with E-state index < -0.39 is 0 Å². The van der Waals surface area contributed by atoms with E-state index in [-0.39, 0.29) is 23.7 Å². The van der Waals surface area contributed by atoms with E-state index in [2.05, 4.69) is 39.5 Å². The molecular formula is C36H42N4O2. The third-order valence-electron chi connectivity index (χ3n) is 8.98. The SMILES string of the molecule is C[C@@H](NC(=O)c1ccc2[nH]c(O)c(C(=Nc3ccc(CN4CCCCC4)cc3)C3CCCCC3)c2c1)c1ccccc1. The maximum absolute atomic E-state index is 13.3. The average molecular weight is 563 g/mol. The van der Waals surface area contributed by atoms with Gasteiger partial charge < -0.3 is 15.4 Å². The minimum atomic E-state index is -0.139. The number of aromatic nitrogens is 1. The predicted molar refractivity (Wildman–Crippen MR) is 171 cm³/mol. The fourth-order valence-electron chi connectivity index (χ4n) is 6.60. The Hall–Kier alpha value is -3.90. The molecule has 4 aromatic rings. The van der Waals surface area contributed by atoms with Crippen LogP contribution in [0.5, 0.6) is 5.88 Å². The predicted octanol–water partition coefficient (Wildman–Crippen LogP) is 8.05. The highest BCUT2D eigenvalue weighted by atomic mass is 16.3. The van der Waals surface area contributed by atoms with E-state index in [0.717, 1.165) is 65.7 Å². The van der Waals surface area contributed by atoms with Crippen LogP contribution in [-0.2, 0) is 6.54 Å². The molecule has 6 rings (SSSR count). The zero-order valence-corrected chi connectivity index (χ0v) is 24.6. The normalized spacial score (nSPS) is 17.8. The second-order valence-electron chi connectivity index (χ2n) is 12.1. The first kappa shape index (κ1) is 28.2. The van der Waals surface area contributed by atoms with Crippen LogP contribution in [0.2, 0.25) is 0 Å². The number of aliphatic imine (C=N–C) groups is 1. The Morgan fingerprint density at radius 1 is 0.952 bits per heavy atom. The third-order valence-corrected chi connectivity index (χ3v) is 8.98. The number of nitrogens with one attached hydrogen (secondary N) is 2. The van der Waals surface area contributed by atoms with Crippen LogP contribution in [0.4, 0.5) is 5.69 Å². The van der Waals surface area contributed by atoms with Gasteiger partial charge in [-0.05, 0) is 87.2 Å². The van der Waals surface area contributed by atoms with Crippen molar-refractivity contribution in [2.75, 3.05) is 13.1 Å². The Labute approximate surface area is 248 Å².